The molecule has 0 aliphatic heterocycles. The third-order valence-electron chi connectivity index (χ3n) is 4.99. The van der Waals surface area contributed by atoms with Gasteiger partial charge in [0.2, 0.25) is 5.95 Å². The summed E-state index contributed by atoms with van der Waals surface area (Å²) in [4.78, 5) is 12.6. The zero-order chi connectivity index (χ0) is 27.9. The molecular weight excluding hydrogens is 568 g/mol. The standard InChI is InChI=1S/C20H24N4O11S3/c25-11-14(26)10-21-20-23-18(2-1-5-37(28,29)30)22-19(24-20)7-12-3-4-16-13(6-12)8-15(36-35-34-27)9-17(16)38(31,32)33/h3-4,6,8-9,14,25-27H,1-2,5,7,10-11H2,(H,28,29,30)(H,31,32,33)(H,21,22,23,24). The number of hydrogen-bond donors (Lipinski definition) is 6. The van der Waals surface area contributed by atoms with Crippen LogP contribution in [0, 0.1) is 0 Å². The van der Waals surface area contributed by atoms with E-state index in [1.165, 1.54) is 12.1 Å². The number of anilines is 1. The summed E-state index contributed by atoms with van der Waals surface area (Å²) in [6.45, 7) is -0.566. The van der Waals surface area contributed by atoms with Gasteiger partial charge in [0.25, 0.3) is 20.2 Å². The quantitative estimate of drug-likeness (QED) is 0.0658. The molecule has 0 spiro atoms. The maximum Gasteiger partial charge on any atom is 0.295 e. The zero-order valence-electron chi connectivity index (χ0n) is 19.5. The van der Waals surface area contributed by atoms with Crippen molar-refractivity contribution >= 4 is 49.0 Å². The van der Waals surface area contributed by atoms with Gasteiger partial charge in [-0.3, -0.25) is 9.11 Å². The van der Waals surface area contributed by atoms with Gasteiger partial charge in [-0.2, -0.15) is 26.8 Å². The molecule has 208 valence electrons. The first-order valence-electron chi connectivity index (χ1n) is 10.8. The van der Waals surface area contributed by atoms with Crippen LogP contribution in [0.15, 0.2) is 40.1 Å². The number of fused-ring (bicyclic) bond motifs is 1. The molecule has 0 fully saturated rings. The summed E-state index contributed by atoms with van der Waals surface area (Å²) in [7, 11) is -8.78. The lowest BCUT2D eigenvalue weighted by Crippen LogP contribution is -2.24. The van der Waals surface area contributed by atoms with Gasteiger partial charge < -0.3 is 15.5 Å². The Hall–Kier alpha value is -2.52. The summed E-state index contributed by atoms with van der Waals surface area (Å²) < 4.78 is 68.9. The van der Waals surface area contributed by atoms with Crippen molar-refractivity contribution < 1.29 is 50.8 Å². The smallest absolute Gasteiger partial charge is 0.295 e. The molecule has 6 N–H and O–H groups in total. The van der Waals surface area contributed by atoms with Crippen LogP contribution in [-0.2, 0) is 42.4 Å². The van der Waals surface area contributed by atoms with Gasteiger partial charge in [0.05, 0.1) is 30.5 Å². The molecule has 38 heavy (non-hydrogen) atoms. The fourth-order valence-corrected chi connectivity index (χ4v) is 5.16. The number of aryl methyl sites for hydroxylation is 1. The Kier molecular flexibility index (Phi) is 10.3. The number of aliphatic hydroxyl groups is 2. The molecule has 0 radical (unpaired) electrons. The summed E-state index contributed by atoms with van der Waals surface area (Å²) >= 11 is 0.510. The maximum atomic E-state index is 11.9. The Morgan fingerprint density at radius 2 is 1.76 bits per heavy atom. The second kappa shape index (κ2) is 13.0. The third-order valence-corrected chi connectivity index (χ3v) is 7.25. The maximum absolute atomic E-state index is 11.9. The number of aliphatic hydroxyl groups excluding tert-OH is 2. The highest BCUT2D eigenvalue weighted by Crippen LogP contribution is 2.31. The van der Waals surface area contributed by atoms with Gasteiger partial charge >= 0.3 is 0 Å². The predicted molar refractivity (Wildman–Crippen MR) is 133 cm³/mol. The molecule has 1 heterocycles. The van der Waals surface area contributed by atoms with Crippen LogP contribution < -0.4 is 5.32 Å². The first-order chi connectivity index (χ1) is 17.9. The second-order valence-electron chi connectivity index (χ2n) is 7.95. The van der Waals surface area contributed by atoms with Crippen LogP contribution in [0.2, 0.25) is 0 Å². The minimum Gasteiger partial charge on any atom is -0.394 e. The molecule has 0 bridgehead atoms. The first-order valence-corrected chi connectivity index (χ1v) is 14.6. The molecule has 0 aliphatic carbocycles. The van der Waals surface area contributed by atoms with Crippen molar-refractivity contribution in [2.45, 2.75) is 35.2 Å². The Morgan fingerprint density at radius 1 is 1.03 bits per heavy atom. The second-order valence-corrected chi connectivity index (χ2v) is 11.7. The molecule has 1 aromatic heterocycles. The van der Waals surface area contributed by atoms with Crippen LogP contribution in [-0.4, -0.2) is 81.4 Å². The zero-order valence-corrected chi connectivity index (χ0v) is 21.9. The van der Waals surface area contributed by atoms with Gasteiger partial charge in [-0.15, -0.1) is 4.33 Å². The van der Waals surface area contributed by atoms with E-state index in [-0.39, 0.29) is 58.6 Å². The number of nitrogens with one attached hydrogen (secondary N) is 1. The van der Waals surface area contributed by atoms with Crippen LogP contribution in [0.1, 0.15) is 23.6 Å². The van der Waals surface area contributed by atoms with E-state index in [1.807, 2.05) is 0 Å². The first kappa shape index (κ1) is 30.0. The lowest BCUT2D eigenvalue weighted by atomic mass is 10.0. The van der Waals surface area contributed by atoms with Gasteiger partial charge in [0.15, 0.2) is 0 Å². The number of nitrogens with zero attached hydrogens (tertiary/aromatic N) is 3. The van der Waals surface area contributed by atoms with Gasteiger partial charge in [0, 0.05) is 29.7 Å². The van der Waals surface area contributed by atoms with Gasteiger partial charge in [-0.05, 0) is 29.5 Å². The van der Waals surface area contributed by atoms with Crippen molar-refractivity contribution in [3.63, 3.8) is 0 Å². The summed E-state index contributed by atoms with van der Waals surface area (Å²) in [5.74, 6) is 0.0407. The number of aromatic nitrogens is 3. The van der Waals surface area contributed by atoms with Crippen LogP contribution in [0.5, 0.6) is 0 Å². The van der Waals surface area contributed by atoms with E-state index in [0.717, 1.165) is 6.07 Å². The molecule has 2 aromatic carbocycles. The summed E-state index contributed by atoms with van der Waals surface area (Å²) in [5.41, 5.74) is 0.622. The molecule has 0 saturated heterocycles. The van der Waals surface area contributed by atoms with Crippen LogP contribution in [0.25, 0.3) is 10.8 Å². The van der Waals surface area contributed by atoms with Crippen LogP contribution in [0.4, 0.5) is 5.95 Å². The molecule has 3 aromatic rings. The third kappa shape index (κ3) is 9.05. The molecule has 0 saturated carbocycles. The summed E-state index contributed by atoms with van der Waals surface area (Å²) in [5, 5.41) is 34.0. The number of benzene rings is 2. The van der Waals surface area contributed by atoms with Crippen LogP contribution in [0.3, 0.4) is 0 Å². The molecule has 18 heteroatoms. The normalized spacial score (nSPS) is 13.1. The van der Waals surface area contributed by atoms with Crippen molar-refractivity contribution in [1.82, 2.24) is 15.0 Å². The van der Waals surface area contributed by atoms with Gasteiger partial charge in [-0.1, -0.05) is 23.2 Å². The molecule has 3 rings (SSSR count). The summed E-state index contributed by atoms with van der Waals surface area (Å²) in [6.07, 6.45) is -0.830. The highest BCUT2D eigenvalue weighted by Gasteiger charge is 2.18. The van der Waals surface area contributed by atoms with Crippen LogP contribution >= 0.6 is 12.0 Å². The fraction of sp³-hybridized carbons (Fsp3) is 0.350. The van der Waals surface area contributed by atoms with Crippen molar-refractivity contribution in [3.8, 4) is 0 Å². The van der Waals surface area contributed by atoms with Gasteiger partial charge in [0.1, 0.15) is 16.5 Å². The minimum absolute atomic E-state index is 0.0371. The van der Waals surface area contributed by atoms with Crippen molar-refractivity contribution in [2.75, 3.05) is 24.2 Å². The van der Waals surface area contributed by atoms with Crippen molar-refractivity contribution in [3.05, 3.63) is 47.5 Å². The molecule has 0 amide bonds. The molecule has 1 unspecified atom stereocenters. The van der Waals surface area contributed by atoms with E-state index >= 15 is 0 Å². The number of hydrogen-bond acceptors (Lipinski definition) is 14. The largest absolute Gasteiger partial charge is 0.394 e. The topological polar surface area (TPSA) is 239 Å². The molecule has 1 atom stereocenters. The molecular formula is C20H24N4O11S3. The Balaban J connectivity index is 1.95. The lowest BCUT2D eigenvalue weighted by molar-refractivity contribution is -0.432. The summed E-state index contributed by atoms with van der Waals surface area (Å²) in [6, 6.07) is 7.38. The van der Waals surface area contributed by atoms with Gasteiger partial charge in [-0.25, -0.2) is 10.2 Å². The molecule has 15 nitrogen and oxygen atoms in total. The predicted octanol–water partition coefficient (Wildman–Crippen LogP) is 0.876. The Labute approximate surface area is 221 Å². The van der Waals surface area contributed by atoms with E-state index < -0.39 is 38.7 Å². The van der Waals surface area contributed by atoms with E-state index in [0.29, 0.717) is 23.0 Å². The average molecular weight is 593 g/mol. The SMILES string of the molecule is O=S(=O)(O)CCCc1nc(Cc2ccc3c(S(=O)(=O)O)cc(SOOO)cc3c2)nc(NCC(O)CO)n1. The number of rotatable bonds is 14. The van der Waals surface area contributed by atoms with Crippen molar-refractivity contribution in [2.24, 2.45) is 0 Å². The fourth-order valence-electron chi connectivity index (χ4n) is 3.39. The lowest BCUT2D eigenvalue weighted by Gasteiger charge is -2.12. The van der Waals surface area contributed by atoms with E-state index in [2.05, 4.69) is 29.6 Å². The minimum atomic E-state index is -4.61. The van der Waals surface area contributed by atoms with E-state index in [9.17, 15) is 26.5 Å². The van der Waals surface area contributed by atoms with Crippen molar-refractivity contribution in [1.29, 1.82) is 0 Å². The average Bonchev–Trinajstić information content (AvgIpc) is 2.84. The van der Waals surface area contributed by atoms with E-state index in [1.54, 1.807) is 12.1 Å². The highest BCUT2D eigenvalue weighted by atomic mass is 32.2. The molecule has 0 aliphatic rings. The Morgan fingerprint density at radius 3 is 2.42 bits per heavy atom. The highest BCUT2D eigenvalue weighted by molar-refractivity contribution is 7.94. The monoisotopic (exact) mass is 592 g/mol. The van der Waals surface area contributed by atoms with E-state index in [4.69, 9.17) is 14.9 Å². The Bertz CT molecular complexity index is 1490.